The average Bonchev–Trinajstić information content (AvgIpc) is 2.40. The van der Waals surface area contributed by atoms with Gasteiger partial charge in [-0.25, -0.2) is 0 Å². The lowest BCUT2D eigenvalue weighted by molar-refractivity contribution is -0.113. The van der Waals surface area contributed by atoms with E-state index in [1.165, 1.54) is 28.3 Å². The van der Waals surface area contributed by atoms with Crippen molar-refractivity contribution in [1.82, 2.24) is 0 Å². The summed E-state index contributed by atoms with van der Waals surface area (Å²) >= 11 is 0. The fourth-order valence-electron chi connectivity index (χ4n) is 1.89. The second-order valence-corrected chi connectivity index (χ2v) is 4.66. The Hall–Kier alpha value is -2.35. The van der Waals surface area contributed by atoms with E-state index in [0.29, 0.717) is 0 Å². The van der Waals surface area contributed by atoms with Crippen LogP contribution in [0.2, 0.25) is 0 Å². The van der Waals surface area contributed by atoms with Crippen molar-refractivity contribution in [2.75, 3.05) is 0 Å². The van der Waals surface area contributed by atoms with E-state index in [2.05, 4.69) is 32.0 Å². The minimum atomic E-state index is -0.432. The van der Waals surface area contributed by atoms with E-state index in [-0.39, 0.29) is 0 Å². The van der Waals surface area contributed by atoms with Crippen molar-refractivity contribution >= 4 is 12.0 Å². The second kappa shape index (κ2) is 5.53. The fraction of sp³-hybridized carbons (Fsp3) is 0.118. The maximum atomic E-state index is 10.7. The van der Waals surface area contributed by atoms with Gasteiger partial charge in [0.15, 0.2) is 0 Å². The van der Waals surface area contributed by atoms with Crippen molar-refractivity contribution in [3.63, 3.8) is 0 Å². The number of primary amides is 1. The highest BCUT2D eigenvalue weighted by molar-refractivity contribution is 5.90. The van der Waals surface area contributed by atoms with Crippen molar-refractivity contribution in [2.24, 2.45) is 5.73 Å². The Morgan fingerprint density at radius 3 is 2.16 bits per heavy atom. The van der Waals surface area contributed by atoms with Gasteiger partial charge in [-0.1, -0.05) is 42.5 Å². The van der Waals surface area contributed by atoms with E-state index in [0.717, 1.165) is 5.56 Å². The third-order valence-electron chi connectivity index (χ3n) is 3.19. The second-order valence-electron chi connectivity index (χ2n) is 4.66. The Balaban J connectivity index is 2.27. The zero-order valence-electron chi connectivity index (χ0n) is 11.2. The highest BCUT2D eigenvalue weighted by Gasteiger charge is 1.99. The quantitative estimate of drug-likeness (QED) is 0.834. The molecule has 0 saturated heterocycles. The molecule has 2 N–H and O–H groups in total. The van der Waals surface area contributed by atoms with E-state index in [9.17, 15) is 4.79 Å². The van der Waals surface area contributed by atoms with E-state index in [1.807, 2.05) is 24.3 Å². The Morgan fingerprint density at radius 2 is 1.58 bits per heavy atom. The van der Waals surface area contributed by atoms with Gasteiger partial charge in [-0.15, -0.1) is 0 Å². The Morgan fingerprint density at radius 1 is 0.947 bits per heavy atom. The van der Waals surface area contributed by atoms with E-state index < -0.39 is 5.91 Å². The molecule has 2 nitrogen and oxygen atoms in total. The van der Waals surface area contributed by atoms with Gasteiger partial charge in [0.1, 0.15) is 0 Å². The summed E-state index contributed by atoms with van der Waals surface area (Å²) in [5, 5.41) is 0. The van der Waals surface area contributed by atoms with Gasteiger partial charge in [0, 0.05) is 6.08 Å². The molecule has 0 aliphatic rings. The Labute approximate surface area is 113 Å². The number of amides is 1. The molecule has 0 atom stereocenters. The summed E-state index contributed by atoms with van der Waals surface area (Å²) < 4.78 is 0. The van der Waals surface area contributed by atoms with Gasteiger partial charge in [0.25, 0.3) is 0 Å². The van der Waals surface area contributed by atoms with Gasteiger partial charge in [-0.2, -0.15) is 0 Å². The van der Waals surface area contributed by atoms with Crippen molar-refractivity contribution < 1.29 is 4.79 Å². The molecule has 2 heteroatoms. The summed E-state index contributed by atoms with van der Waals surface area (Å²) in [5.74, 6) is -0.432. The fourth-order valence-corrected chi connectivity index (χ4v) is 1.89. The maximum absolute atomic E-state index is 10.7. The SMILES string of the molecule is Cc1ccc(-c2ccc(/C=C\C(N)=O)cc2)cc1C. The van der Waals surface area contributed by atoms with Gasteiger partial charge in [-0.05, 0) is 47.7 Å². The zero-order valence-corrected chi connectivity index (χ0v) is 11.2. The van der Waals surface area contributed by atoms with Crippen molar-refractivity contribution in [3.8, 4) is 11.1 Å². The molecule has 2 aromatic carbocycles. The third-order valence-corrected chi connectivity index (χ3v) is 3.19. The summed E-state index contributed by atoms with van der Waals surface area (Å²) in [6.45, 7) is 4.22. The van der Waals surface area contributed by atoms with Crippen molar-refractivity contribution in [2.45, 2.75) is 13.8 Å². The number of rotatable bonds is 3. The molecule has 0 aliphatic carbocycles. The number of aryl methyl sites for hydroxylation is 2. The molecule has 0 aromatic heterocycles. The van der Waals surface area contributed by atoms with Crippen molar-refractivity contribution in [3.05, 3.63) is 65.2 Å². The standard InChI is InChI=1S/C17H17NO/c1-12-3-7-16(11-13(12)2)15-8-4-14(5-9-15)6-10-17(18)19/h3-11H,1-2H3,(H2,18,19)/b10-6-. The summed E-state index contributed by atoms with van der Waals surface area (Å²) in [7, 11) is 0. The number of carbonyl (C=O) groups is 1. The van der Waals surface area contributed by atoms with Gasteiger partial charge < -0.3 is 5.73 Å². The summed E-state index contributed by atoms with van der Waals surface area (Å²) in [5.41, 5.74) is 11.0. The number of nitrogens with two attached hydrogens (primary N) is 1. The first kappa shape index (κ1) is 13.1. The highest BCUT2D eigenvalue weighted by Crippen LogP contribution is 2.22. The van der Waals surface area contributed by atoms with E-state index in [1.54, 1.807) is 6.08 Å². The number of hydrogen-bond donors (Lipinski definition) is 1. The van der Waals surface area contributed by atoms with Crippen LogP contribution in [0, 0.1) is 13.8 Å². The van der Waals surface area contributed by atoms with Crippen LogP contribution < -0.4 is 5.73 Å². The van der Waals surface area contributed by atoms with E-state index >= 15 is 0 Å². The molecule has 0 fully saturated rings. The molecule has 96 valence electrons. The van der Waals surface area contributed by atoms with Crippen LogP contribution in [0.5, 0.6) is 0 Å². The summed E-state index contributed by atoms with van der Waals surface area (Å²) in [4.78, 5) is 10.7. The van der Waals surface area contributed by atoms with Crippen LogP contribution in [0.25, 0.3) is 17.2 Å². The van der Waals surface area contributed by atoms with Crippen LogP contribution in [0.1, 0.15) is 16.7 Å². The molecule has 0 heterocycles. The van der Waals surface area contributed by atoms with Crippen LogP contribution in [-0.4, -0.2) is 5.91 Å². The molecule has 0 bridgehead atoms. The lowest BCUT2D eigenvalue weighted by Gasteiger charge is -2.06. The minimum absolute atomic E-state index is 0.432. The molecule has 2 aromatic rings. The smallest absolute Gasteiger partial charge is 0.241 e. The van der Waals surface area contributed by atoms with Crippen LogP contribution in [0.15, 0.2) is 48.5 Å². The van der Waals surface area contributed by atoms with Crippen LogP contribution in [0.3, 0.4) is 0 Å². The molecular formula is C17H17NO. The molecular weight excluding hydrogens is 234 g/mol. The van der Waals surface area contributed by atoms with E-state index in [4.69, 9.17) is 5.73 Å². The molecule has 0 unspecified atom stereocenters. The Bertz CT molecular complexity index is 624. The molecule has 19 heavy (non-hydrogen) atoms. The normalized spacial score (nSPS) is 10.8. The number of hydrogen-bond acceptors (Lipinski definition) is 1. The molecule has 2 rings (SSSR count). The van der Waals surface area contributed by atoms with Crippen LogP contribution >= 0.6 is 0 Å². The maximum Gasteiger partial charge on any atom is 0.241 e. The van der Waals surface area contributed by atoms with Gasteiger partial charge >= 0.3 is 0 Å². The van der Waals surface area contributed by atoms with Gasteiger partial charge in [-0.3, -0.25) is 4.79 Å². The van der Waals surface area contributed by atoms with Gasteiger partial charge in [0.2, 0.25) is 5.91 Å². The topological polar surface area (TPSA) is 43.1 Å². The highest BCUT2D eigenvalue weighted by atomic mass is 16.1. The molecule has 0 aliphatic heterocycles. The Kier molecular flexibility index (Phi) is 3.81. The van der Waals surface area contributed by atoms with Crippen molar-refractivity contribution in [1.29, 1.82) is 0 Å². The zero-order chi connectivity index (χ0) is 13.8. The average molecular weight is 251 g/mol. The first-order chi connectivity index (χ1) is 9.06. The lowest BCUT2D eigenvalue weighted by atomic mass is 9.99. The number of benzene rings is 2. The third kappa shape index (κ3) is 3.32. The van der Waals surface area contributed by atoms with Gasteiger partial charge in [0.05, 0.1) is 0 Å². The lowest BCUT2D eigenvalue weighted by Crippen LogP contribution is -2.04. The minimum Gasteiger partial charge on any atom is -0.366 e. The molecule has 0 spiro atoms. The first-order valence-electron chi connectivity index (χ1n) is 6.21. The summed E-state index contributed by atoms with van der Waals surface area (Å²) in [6, 6.07) is 14.5. The largest absolute Gasteiger partial charge is 0.366 e. The summed E-state index contributed by atoms with van der Waals surface area (Å²) in [6.07, 6.45) is 3.08. The van der Waals surface area contributed by atoms with Crippen LogP contribution in [0.4, 0.5) is 0 Å². The van der Waals surface area contributed by atoms with Crippen LogP contribution in [-0.2, 0) is 4.79 Å². The predicted molar refractivity (Wildman–Crippen MR) is 79.6 cm³/mol. The predicted octanol–water partition coefficient (Wildman–Crippen LogP) is 3.47. The molecule has 1 amide bonds. The molecule has 0 radical (unpaired) electrons. The monoisotopic (exact) mass is 251 g/mol. The first-order valence-corrected chi connectivity index (χ1v) is 6.21. The number of carbonyl (C=O) groups excluding carboxylic acids is 1. The molecule has 0 saturated carbocycles.